The van der Waals surface area contributed by atoms with Crippen LogP contribution in [0.2, 0.25) is 0 Å². The van der Waals surface area contributed by atoms with E-state index in [1.807, 2.05) is 32.1 Å². The number of esters is 1. The number of carbonyl (C=O) groups is 3. The average molecular weight is 1030 g/mol. The van der Waals surface area contributed by atoms with Crippen LogP contribution in [0.3, 0.4) is 0 Å². The molecular formula is C53H72N6O15. The number of allylic oxidation sites excluding steroid dienone is 1. The Hall–Kier alpha value is -5.43. The van der Waals surface area contributed by atoms with Gasteiger partial charge in [-0.2, -0.15) is 0 Å². The number of hydrogen-bond donors (Lipinski definition) is 11. The maximum Gasteiger partial charge on any atom is 0.340 e. The SMILES string of the molecule is C=Cc1c(C)c2cc3nc(c(CC(=O)NCCCO[C@H]4C[C@@H](O)[C@H](O)[C@@H](CO)O4)c4nc(cc5[nH]c(cc1[nH]2)c(C)c5CC)C(C)=C4C(=O)OC)[C@@H](CCC(=O)NCCCO[C@@H]1O[C@H](CO)[C@@H](O)[C@H](O)[C@H]1O)[C@@H]3C. The highest BCUT2D eigenvalue weighted by Crippen LogP contribution is 2.44. The average Bonchev–Trinajstić information content (AvgIpc) is 4.07. The Balaban J connectivity index is 1.23. The molecule has 11 N–H and O–H groups in total. The number of aliphatic hydroxyl groups excluding tert-OH is 7. The van der Waals surface area contributed by atoms with E-state index in [4.69, 9.17) is 33.7 Å². The van der Waals surface area contributed by atoms with Gasteiger partial charge in [-0.1, -0.05) is 26.5 Å². The van der Waals surface area contributed by atoms with Gasteiger partial charge in [-0.05, 0) is 86.9 Å². The Morgan fingerprint density at radius 2 is 1.47 bits per heavy atom. The molecular weight excluding hydrogens is 961 g/mol. The van der Waals surface area contributed by atoms with Gasteiger partial charge in [0, 0.05) is 76.7 Å². The van der Waals surface area contributed by atoms with Gasteiger partial charge in [-0.15, -0.1) is 0 Å². The summed E-state index contributed by atoms with van der Waals surface area (Å²) in [5.41, 5.74) is 10.2. The maximum absolute atomic E-state index is 14.3. The summed E-state index contributed by atoms with van der Waals surface area (Å²) in [4.78, 5) is 59.5. The highest BCUT2D eigenvalue weighted by Gasteiger charge is 2.44. The molecule has 0 unspecified atom stereocenters. The third-order valence-corrected chi connectivity index (χ3v) is 14.6. The van der Waals surface area contributed by atoms with Gasteiger partial charge in [-0.25, -0.2) is 9.78 Å². The monoisotopic (exact) mass is 1030 g/mol. The first-order chi connectivity index (χ1) is 35.4. The van der Waals surface area contributed by atoms with Crippen LogP contribution in [0.1, 0.15) is 115 Å². The minimum absolute atomic E-state index is 0.00245. The van der Waals surface area contributed by atoms with E-state index in [1.54, 1.807) is 6.92 Å². The van der Waals surface area contributed by atoms with Gasteiger partial charge < -0.3 is 80.0 Å². The van der Waals surface area contributed by atoms with Gasteiger partial charge in [0.05, 0.1) is 68.7 Å². The number of fused-ring (bicyclic) bond motifs is 8. The van der Waals surface area contributed by atoms with E-state index in [9.17, 15) is 50.1 Å². The van der Waals surface area contributed by atoms with Crippen LogP contribution in [-0.2, 0) is 50.9 Å². The molecule has 21 nitrogen and oxygen atoms in total. The molecule has 0 spiro atoms. The van der Waals surface area contributed by atoms with E-state index in [1.165, 1.54) is 7.11 Å². The molecule has 3 aromatic heterocycles. The molecule has 7 rings (SSSR count). The van der Waals surface area contributed by atoms with Gasteiger partial charge in [0.2, 0.25) is 11.8 Å². The molecule has 0 radical (unpaired) electrons. The lowest BCUT2D eigenvalue weighted by Gasteiger charge is -2.39. The summed E-state index contributed by atoms with van der Waals surface area (Å²) >= 11 is 0. The van der Waals surface area contributed by atoms with E-state index in [2.05, 4.69) is 47.1 Å². The van der Waals surface area contributed by atoms with Crippen molar-refractivity contribution < 1.29 is 73.8 Å². The topological polar surface area (TPSA) is 320 Å². The zero-order valence-corrected chi connectivity index (χ0v) is 42.9. The fourth-order valence-electron chi connectivity index (χ4n) is 10.2. The lowest BCUT2D eigenvalue weighted by molar-refractivity contribution is -0.301. The van der Waals surface area contributed by atoms with Crippen molar-refractivity contribution in [3.63, 3.8) is 0 Å². The number of nitrogens with one attached hydrogen (secondary N) is 4. The van der Waals surface area contributed by atoms with Crippen molar-refractivity contribution in [3.8, 4) is 0 Å². The molecule has 11 atom stereocenters. The number of nitrogens with zero attached hydrogens (tertiary/aromatic N) is 2. The van der Waals surface area contributed by atoms with Crippen LogP contribution in [0.25, 0.3) is 39.3 Å². The molecule has 2 saturated heterocycles. The largest absolute Gasteiger partial charge is 0.465 e. The number of carbonyl (C=O) groups excluding carboxylic acids is 3. The standard InChI is InChI=1S/C53H72N6O15/c1-8-29-25(3)33-19-35-27(5)31(12-13-42(63)54-14-11-17-72-53-51(68)50(67)49(66)41(24-61)74-53)46(58-35)32(18-43(64)55-15-10-16-71-44-22-39(62)48(65)40(23-60)73-44)47-45(52(69)70-7)28(6)36(59-47)21-38-30(9-2)26(4)34(57-38)20-37(29)56-33/h8,19-21,27,31,39-41,44,48-51,53,56-57,60-62,65-68H,1,9-18,22-24H2,2-7H3,(H,54,63)(H,55,64)/t27-,31-,39+,40+,41+,44+,48-,49+,50-,51+,53+/m0/s1. The Kier molecular flexibility index (Phi) is 19.0. The molecule has 3 aromatic rings. The summed E-state index contributed by atoms with van der Waals surface area (Å²) in [7, 11) is 1.28. The molecule has 2 fully saturated rings. The number of amides is 2. The Morgan fingerprint density at radius 3 is 2.15 bits per heavy atom. The van der Waals surface area contributed by atoms with Crippen LogP contribution in [0.4, 0.5) is 0 Å². The zero-order chi connectivity index (χ0) is 53.5. The first kappa shape index (κ1) is 56.3. The van der Waals surface area contributed by atoms with E-state index in [0.29, 0.717) is 47.5 Å². The van der Waals surface area contributed by atoms with Gasteiger partial charge in [0.25, 0.3) is 0 Å². The van der Waals surface area contributed by atoms with Crippen LogP contribution >= 0.6 is 0 Å². The number of H-pyrrole nitrogens is 2. The summed E-state index contributed by atoms with van der Waals surface area (Å²) in [5.74, 6) is -2.12. The molecule has 21 heteroatoms. The summed E-state index contributed by atoms with van der Waals surface area (Å²) in [5, 5.41) is 75.9. The van der Waals surface area contributed by atoms with Crippen LogP contribution < -0.4 is 10.6 Å². The Labute approximate surface area is 429 Å². The number of aryl methyl sites for hydroxylation is 3. The second-order valence-corrected chi connectivity index (χ2v) is 19.3. The number of aromatic amines is 2. The molecule has 0 saturated carbocycles. The molecule has 8 bridgehead atoms. The van der Waals surface area contributed by atoms with Crippen molar-refractivity contribution in [2.45, 2.75) is 147 Å². The first-order valence-corrected chi connectivity index (χ1v) is 25.3. The minimum Gasteiger partial charge on any atom is -0.465 e. The van der Waals surface area contributed by atoms with E-state index < -0.39 is 86.3 Å². The fraction of sp³-hybridized carbons (Fsp3) is 0.566. The van der Waals surface area contributed by atoms with Crippen LogP contribution in [0.15, 0.2) is 24.8 Å². The van der Waals surface area contributed by atoms with E-state index >= 15 is 0 Å². The van der Waals surface area contributed by atoms with Crippen LogP contribution in [0.5, 0.6) is 0 Å². The quantitative estimate of drug-likeness (QED) is 0.0570. The number of methoxy groups -OCH3 is 1. The third-order valence-electron chi connectivity index (χ3n) is 14.6. The van der Waals surface area contributed by atoms with Crippen LogP contribution in [0, 0.1) is 13.8 Å². The second kappa shape index (κ2) is 24.9. The number of aliphatic hydroxyl groups is 7. The van der Waals surface area contributed by atoms with E-state index in [-0.39, 0.29) is 75.1 Å². The first-order valence-electron chi connectivity index (χ1n) is 25.3. The van der Waals surface area contributed by atoms with Gasteiger partial charge in [0.15, 0.2) is 12.6 Å². The highest BCUT2D eigenvalue weighted by molar-refractivity contribution is 6.25. The van der Waals surface area contributed by atoms with E-state index in [0.717, 1.165) is 44.3 Å². The van der Waals surface area contributed by atoms with Crippen molar-refractivity contribution in [1.29, 1.82) is 0 Å². The van der Waals surface area contributed by atoms with Gasteiger partial charge in [-0.3, -0.25) is 14.6 Å². The smallest absolute Gasteiger partial charge is 0.340 e. The van der Waals surface area contributed by atoms with Crippen molar-refractivity contribution in [1.82, 2.24) is 30.6 Å². The Bertz CT molecular complexity index is 2740. The molecule has 0 aliphatic carbocycles. The Morgan fingerprint density at radius 1 is 0.811 bits per heavy atom. The molecule has 4 aliphatic rings. The molecule has 74 heavy (non-hydrogen) atoms. The lowest BCUT2D eigenvalue weighted by Crippen LogP contribution is -2.59. The van der Waals surface area contributed by atoms with Crippen molar-refractivity contribution in [2.24, 2.45) is 0 Å². The summed E-state index contributed by atoms with van der Waals surface area (Å²) < 4.78 is 27.8. The van der Waals surface area contributed by atoms with Crippen LogP contribution in [-0.4, -0.2) is 175 Å². The molecule has 0 aromatic carbocycles. The predicted molar refractivity (Wildman–Crippen MR) is 272 cm³/mol. The summed E-state index contributed by atoms with van der Waals surface area (Å²) in [6.07, 6.45) is -8.14. The lowest BCUT2D eigenvalue weighted by atomic mass is 9.84. The number of ether oxygens (including phenoxy) is 5. The normalized spacial score (nSPS) is 26.0. The third kappa shape index (κ3) is 12.1. The summed E-state index contributed by atoms with van der Waals surface area (Å²) in [6, 6.07) is 5.92. The fourth-order valence-corrected chi connectivity index (χ4v) is 10.2. The van der Waals surface area contributed by atoms with Gasteiger partial charge >= 0.3 is 5.97 Å². The zero-order valence-electron chi connectivity index (χ0n) is 42.9. The van der Waals surface area contributed by atoms with Crippen molar-refractivity contribution in [2.75, 3.05) is 46.6 Å². The molecule has 4 aliphatic heterocycles. The second-order valence-electron chi connectivity index (χ2n) is 19.3. The minimum atomic E-state index is -1.58. The van der Waals surface area contributed by atoms with Crippen molar-refractivity contribution >= 4 is 57.1 Å². The molecule has 404 valence electrons. The number of hydrogen-bond acceptors (Lipinski definition) is 17. The summed E-state index contributed by atoms with van der Waals surface area (Å²) in [6.45, 7) is 13.4. The van der Waals surface area contributed by atoms with Crippen molar-refractivity contribution in [3.05, 3.63) is 75.4 Å². The molecule has 2 amide bonds. The maximum atomic E-state index is 14.3. The van der Waals surface area contributed by atoms with Gasteiger partial charge in [0.1, 0.15) is 36.6 Å². The molecule has 7 heterocycles. The number of aromatic nitrogens is 4. The highest BCUT2D eigenvalue weighted by atomic mass is 16.7. The predicted octanol–water partition coefficient (Wildman–Crippen LogP) is 2.13. The number of rotatable bonds is 20.